The van der Waals surface area contributed by atoms with E-state index in [4.69, 9.17) is 9.47 Å². The van der Waals surface area contributed by atoms with Crippen molar-refractivity contribution >= 4 is 39.0 Å². The summed E-state index contributed by atoms with van der Waals surface area (Å²) in [6.45, 7) is 23.3. The molecule has 4 fully saturated rings. The van der Waals surface area contributed by atoms with E-state index in [2.05, 4.69) is 103 Å². The Morgan fingerprint density at radius 3 is 1.60 bits per heavy atom. The van der Waals surface area contributed by atoms with Crippen LogP contribution in [0.1, 0.15) is 117 Å². The molecule has 1 amide bonds. The molecule has 2 aliphatic carbocycles. The molecule has 9 unspecified atom stereocenters. The molecule has 5 aliphatic rings. The minimum atomic E-state index is -0.795. The average molecular weight is 1170 g/mol. The molecule has 9 atom stereocenters. The lowest BCUT2D eigenvalue weighted by Gasteiger charge is -2.39. The number of carbonyl (C=O) groups excluding carboxylic acids is 2. The molecule has 0 aromatic heterocycles. The zero-order chi connectivity index (χ0) is 57.5. The maximum Gasteiger partial charge on any atom is 0.294 e. The highest BCUT2D eigenvalue weighted by atomic mass is 79.9. The van der Waals surface area contributed by atoms with Crippen molar-refractivity contribution in [3.63, 3.8) is 0 Å². The quantitative estimate of drug-likeness (QED) is 0.0886. The zero-order valence-corrected chi connectivity index (χ0v) is 50.2. The van der Waals surface area contributed by atoms with E-state index >= 15 is 0 Å². The Bertz CT molecular complexity index is 2540. The summed E-state index contributed by atoms with van der Waals surface area (Å²) in [5.41, 5.74) is 3.60. The Morgan fingerprint density at radius 1 is 0.637 bits per heavy atom. The Labute approximate surface area is 484 Å². The number of benzene rings is 4. The molecule has 9 rings (SSSR count). The van der Waals surface area contributed by atoms with Gasteiger partial charge in [0.15, 0.2) is 11.5 Å². The molecule has 0 spiro atoms. The van der Waals surface area contributed by atoms with Crippen LogP contribution in [0.4, 0.5) is 20.2 Å². The number of nitrogens with zero attached hydrogens (tertiary/aromatic N) is 4. The Balaban J connectivity index is 0.000000174. The van der Waals surface area contributed by atoms with Crippen LogP contribution >= 0.6 is 15.9 Å². The fourth-order valence-electron chi connectivity index (χ4n) is 12.7. The maximum atomic E-state index is 13.2. The highest BCUT2D eigenvalue weighted by Crippen LogP contribution is 2.42. The van der Waals surface area contributed by atoms with E-state index in [0.717, 1.165) is 86.6 Å². The molecule has 4 aromatic rings. The first-order chi connectivity index (χ1) is 38.3. The number of hydrogen-bond donors (Lipinski definition) is 3. The number of ketones is 1. The minimum absolute atomic E-state index is 0.00882. The van der Waals surface area contributed by atoms with Gasteiger partial charge in [-0.05, 0) is 178 Å². The van der Waals surface area contributed by atoms with Gasteiger partial charge in [-0.1, -0.05) is 113 Å². The second kappa shape index (κ2) is 30.7. The van der Waals surface area contributed by atoms with Crippen molar-refractivity contribution in [2.75, 3.05) is 75.4 Å². The number of amides is 1. The first-order valence-electron chi connectivity index (χ1n) is 29.7. The van der Waals surface area contributed by atoms with Crippen molar-refractivity contribution in [2.45, 2.75) is 137 Å². The summed E-state index contributed by atoms with van der Waals surface area (Å²) in [5.74, 6) is 2.56. The third kappa shape index (κ3) is 18.2. The van der Waals surface area contributed by atoms with Gasteiger partial charge in [0.2, 0.25) is 0 Å². The molecule has 2 saturated heterocycles. The van der Waals surface area contributed by atoms with Gasteiger partial charge in [0, 0.05) is 55.1 Å². The molecule has 3 heterocycles. The smallest absolute Gasteiger partial charge is 0.294 e. The molecule has 438 valence electrons. The summed E-state index contributed by atoms with van der Waals surface area (Å²) in [6.07, 6.45) is 10.9. The number of aliphatic hydroxyl groups is 3. The van der Waals surface area contributed by atoms with Gasteiger partial charge in [-0.25, -0.2) is 8.78 Å². The largest absolute Gasteiger partial charge is 0.503 e. The molecule has 80 heavy (non-hydrogen) atoms. The van der Waals surface area contributed by atoms with Crippen molar-refractivity contribution in [3.8, 4) is 0 Å². The minimum Gasteiger partial charge on any atom is -0.503 e. The summed E-state index contributed by atoms with van der Waals surface area (Å²) in [6, 6.07) is 29.2. The Hall–Kier alpha value is -4.54. The molecule has 3 aliphatic heterocycles. The fourth-order valence-corrected chi connectivity index (χ4v) is 13.0. The van der Waals surface area contributed by atoms with Crippen LogP contribution in [0.15, 0.2) is 119 Å². The summed E-state index contributed by atoms with van der Waals surface area (Å²) in [5, 5.41) is 31.3. The van der Waals surface area contributed by atoms with Crippen molar-refractivity contribution in [3.05, 3.63) is 142 Å². The summed E-state index contributed by atoms with van der Waals surface area (Å²) in [7, 11) is 0. The normalized spacial score (nSPS) is 25.0. The number of hydrogen-bond acceptors (Lipinski definition) is 10. The van der Waals surface area contributed by atoms with E-state index in [1.165, 1.54) is 98.7 Å². The molecule has 0 bridgehead atoms. The van der Waals surface area contributed by atoms with Crippen LogP contribution in [0.25, 0.3) is 0 Å². The summed E-state index contributed by atoms with van der Waals surface area (Å²) >= 11 is 3.33. The van der Waals surface area contributed by atoms with Gasteiger partial charge < -0.3 is 34.6 Å². The second-order valence-corrected chi connectivity index (χ2v) is 25.2. The number of piperidine rings is 1. The van der Waals surface area contributed by atoms with E-state index in [1.54, 1.807) is 24.3 Å². The first kappa shape index (κ1) is 63.0. The topological polar surface area (TPSA) is 126 Å². The van der Waals surface area contributed by atoms with Crippen LogP contribution in [0.2, 0.25) is 0 Å². The third-order valence-corrected chi connectivity index (χ3v) is 17.9. The van der Waals surface area contributed by atoms with Crippen LogP contribution < -0.4 is 9.80 Å². The van der Waals surface area contributed by atoms with E-state index in [9.17, 15) is 33.7 Å². The molecule has 2 saturated carbocycles. The standard InChI is InChI=1S/C25H41NO2.C23H37FN2O2.C18H13BrFNO3/c1-19(2)24-10-9-20(3)15-25(24)28-18-23(27)17-26-13-11-22(12-14-26)16-21-7-5-4-6-8-21;1-17(2)22-9-4-18(3)14-23(22)28-16-21(27)15-25-10-12-26(13-11-25)20-7-5-19(24)6-8-20;1-10(22)15-16(11-2-6-13(20)7-3-11)21(18(24)17(15)23)14-8-4-12(19)5-9-14/h4-8,19-20,22-25,27H,9-18H2,1-3H3;5-8,17-18,21-23,27H,4,9-16H2,1-3H3;2-9,16,23H,1H3. The molecule has 3 N–H and O–H groups in total. The number of ether oxygens (including phenoxy) is 2. The molecule has 11 nitrogen and oxygen atoms in total. The number of β-amino-alcohol motifs (C(OH)–C–C–N with tert-alkyl or cyclic N) is 2. The number of likely N-dealkylation sites (tertiary alicyclic amines) is 1. The lowest BCUT2D eigenvalue weighted by Crippen LogP contribution is -2.49. The van der Waals surface area contributed by atoms with Crippen LogP contribution in [0.3, 0.4) is 0 Å². The van der Waals surface area contributed by atoms with Gasteiger partial charge in [0.1, 0.15) is 11.6 Å². The second-order valence-electron chi connectivity index (χ2n) is 24.3. The first-order valence-corrected chi connectivity index (χ1v) is 30.5. The van der Waals surface area contributed by atoms with E-state index in [-0.39, 0.29) is 23.6 Å². The molecule has 4 aromatic carbocycles. The van der Waals surface area contributed by atoms with Gasteiger partial charge >= 0.3 is 0 Å². The number of aliphatic hydroxyl groups excluding tert-OH is 3. The SMILES string of the molecule is CC(=O)C1=C(O)C(=O)N(c2ccc(Br)cc2)C1c1ccc(F)cc1.CC1CCC(C(C)C)C(OCC(O)CN2CCC(Cc3ccccc3)CC2)C1.CC1CCC(C(C)C)C(OCC(O)CN2CCN(c3ccc(F)cc3)CC2)C1. The maximum absolute atomic E-state index is 13.2. The Morgan fingerprint density at radius 2 is 1.11 bits per heavy atom. The fraction of sp³-hybridized carbons (Fsp3) is 0.576. The van der Waals surface area contributed by atoms with Crippen molar-refractivity contribution < 1.29 is 43.2 Å². The van der Waals surface area contributed by atoms with Gasteiger partial charge in [-0.3, -0.25) is 19.4 Å². The third-order valence-electron chi connectivity index (χ3n) is 17.4. The highest BCUT2D eigenvalue weighted by molar-refractivity contribution is 9.10. The van der Waals surface area contributed by atoms with Crippen LogP contribution in [0, 0.1) is 53.1 Å². The Kier molecular flexibility index (Phi) is 24.2. The average Bonchev–Trinajstić information content (AvgIpc) is 3.88. The number of anilines is 2. The van der Waals surface area contributed by atoms with Crippen molar-refractivity contribution in [1.82, 2.24) is 9.80 Å². The predicted molar refractivity (Wildman–Crippen MR) is 320 cm³/mol. The molecule has 0 radical (unpaired) electrons. The number of halogens is 3. The molecule has 14 heteroatoms. The van der Waals surface area contributed by atoms with Crippen molar-refractivity contribution in [2.24, 2.45) is 41.4 Å². The number of rotatable bonds is 18. The highest BCUT2D eigenvalue weighted by Gasteiger charge is 2.43. The van der Waals surface area contributed by atoms with Gasteiger partial charge in [-0.15, -0.1) is 0 Å². The van der Waals surface area contributed by atoms with Gasteiger partial charge in [0.25, 0.3) is 5.91 Å². The predicted octanol–water partition coefficient (Wildman–Crippen LogP) is 12.6. The van der Waals surface area contributed by atoms with E-state index < -0.39 is 35.4 Å². The summed E-state index contributed by atoms with van der Waals surface area (Å²) < 4.78 is 39.6. The van der Waals surface area contributed by atoms with Crippen LogP contribution in [-0.2, 0) is 25.5 Å². The van der Waals surface area contributed by atoms with Gasteiger partial charge in [0.05, 0.1) is 49.2 Å². The van der Waals surface area contributed by atoms with E-state index in [0.29, 0.717) is 60.8 Å². The van der Waals surface area contributed by atoms with Crippen LogP contribution in [0.5, 0.6) is 0 Å². The number of carbonyl (C=O) groups is 2. The number of piperazine rings is 1. The lowest BCUT2D eigenvalue weighted by atomic mass is 9.75. The molecular weight excluding hydrogens is 1080 g/mol. The van der Waals surface area contributed by atoms with Crippen molar-refractivity contribution in [1.29, 1.82) is 0 Å². The lowest BCUT2D eigenvalue weighted by molar-refractivity contribution is -0.117. The molecular formula is C66H91BrF2N4O7. The zero-order valence-electron chi connectivity index (χ0n) is 48.6. The van der Waals surface area contributed by atoms with Crippen LogP contribution in [-0.4, -0.2) is 127 Å². The van der Waals surface area contributed by atoms with Gasteiger partial charge in [-0.2, -0.15) is 0 Å². The summed E-state index contributed by atoms with van der Waals surface area (Å²) in [4.78, 5) is 32.9. The monoisotopic (exact) mass is 1170 g/mol. The number of Topliss-reactive ketones (excluding diaryl/α,β-unsaturated/α-hetero) is 1. The van der Waals surface area contributed by atoms with E-state index in [1.807, 2.05) is 12.1 Å².